The first-order valence-corrected chi connectivity index (χ1v) is 10.1. The number of carbonyl (C=O) groups is 2. The monoisotopic (exact) mass is 398 g/mol. The molecule has 0 unspecified atom stereocenters. The van der Waals surface area contributed by atoms with Crippen LogP contribution in [0.5, 0.6) is 0 Å². The summed E-state index contributed by atoms with van der Waals surface area (Å²) in [6.45, 7) is 4.81. The molecular formula is C21H26N4O4. The number of aromatic nitrogens is 2. The molecule has 29 heavy (non-hydrogen) atoms. The number of nitrogens with zero attached hydrogens (tertiary/aromatic N) is 3. The summed E-state index contributed by atoms with van der Waals surface area (Å²) in [7, 11) is 0. The van der Waals surface area contributed by atoms with Crippen molar-refractivity contribution in [2.75, 3.05) is 18.4 Å². The standard InChI is InChI=1S/C21H26N4O4/c1-13(2)18-23-17(29-24-18)10-14-5-7-16(8-6-14)22-20(28)25-11-15-4-3-9-21(15,12-25)19(26)27/h5-8,13,15H,3-4,9-12H2,1-2H3,(H,22,28)(H,26,27)/t15-,21+/m0/s1. The van der Waals surface area contributed by atoms with E-state index >= 15 is 0 Å². The Labute approximate surface area is 169 Å². The average molecular weight is 398 g/mol. The van der Waals surface area contributed by atoms with Crippen molar-refractivity contribution in [3.63, 3.8) is 0 Å². The van der Waals surface area contributed by atoms with Gasteiger partial charge in [0.15, 0.2) is 5.82 Å². The molecule has 1 saturated carbocycles. The lowest BCUT2D eigenvalue weighted by Gasteiger charge is -2.23. The van der Waals surface area contributed by atoms with E-state index in [1.54, 1.807) is 4.90 Å². The zero-order chi connectivity index (χ0) is 20.6. The number of fused-ring (bicyclic) bond motifs is 1. The molecule has 8 nitrogen and oxygen atoms in total. The normalized spacial score (nSPS) is 23.4. The van der Waals surface area contributed by atoms with E-state index < -0.39 is 11.4 Å². The van der Waals surface area contributed by atoms with E-state index in [-0.39, 0.29) is 24.4 Å². The Balaban J connectivity index is 1.36. The van der Waals surface area contributed by atoms with Gasteiger partial charge in [-0.2, -0.15) is 4.98 Å². The zero-order valence-electron chi connectivity index (χ0n) is 16.7. The molecule has 154 valence electrons. The minimum Gasteiger partial charge on any atom is -0.481 e. The molecule has 0 spiro atoms. The first-order valence-electron chi connectivity index (χ1n) is 10.1. The predicted molar refractivity (Wildman–Crippen MR) is 106 cm³/mol. The SMILES string of the molecule is CC(C)c1noc(Cc2ccc(NC(=O)N3C[C@@H]4CCC[C@@]4(C(=O)O)C3)cc2)n1. The summed E-state index contributed by atoms with van der Waals surface area (Å²) in [5, 5.41) is 16.5. The van der Waals surface area contributed by atoms with Crippen molar-refractivity contribution in [2.45, 2.75) is 45.4 Å². The third-order valence-electron chi connectivity index (χ3n) is 6.14. The van der Waals surface area contributed by atoms with Gasteiger partial charge in [-0.05, 0) is 36.5 Å². The maximum absolute atomic E-state index is 12.6. The second-order valence-corrected chi connectivity index (χ2v) is 8.44. The highest BCUT2D eigenvalue weighted by atomic mass is 16.5. The molecule has 0 radical (unpaired) electrons. The van der Waals surface area contributed by atoms with Crippen LogP contribution in [0.4, 0.5) is 10.5 Å². The van der Waals surface area contributed by atoms with Crippen LogP contribution in [0.1, 0.15) is 56.3 Å². The number of hydrogen-bond acceptors (Lipinski definition) is 5. The summed E-state index contributed by atoms with van der Waals surface area (Å²) >= 11 is 0. The summed E-state index contributed by atoms with van der Waals surface area (Å²) in [5.41, 5.74) is 0.913. The second-order valence-electron chi connectivity index (χ2n) is 8.44. The third-order valence-corrected chi connectivity index (χ3v) is 6.14. The van der Waals surface area contributed by atoms with Crippen LogP contribution in [-0.2, 0) is 11.2 Å². The van der Waals surface area contributed by atoms with Gasteiger partial charge in [-0.25, -0.2) is 4.79 Å². The van der Waals surface area contributed by atoms with Gasteiger partial charge in [0.25, 0.3) is 0 Å². The molecule has 2 aliphatic rings. The molecule has 1 aromatic carbocycles. The number of nitrogens with one attached hydrogen (secondary N) is 1. The van der Waals surface area contributed by atoms with E-state index in [1.807, 2.05) is 38.1 Å². The van der Waals surface area contributed by atoms with Gasteiger partial charge in [-0.15, -0.1) is 0 Å². The summed E-state index contributed by atoms with van der Waals surface area (Å²) in [4.78, 5) is 30.4. The Morgan fingerprint density at radius 3 is 2.72 bits per heavy atom. The van der Waals surface area contributed by atoms with Crippen LogP contribution in [-0.4, -0.2) is 45.2 Å². The summed E-state index contributed by atoms with van der Waals surface area (Å²) in [5.74, 6) is 0.751. The van der Waals surface area contributed by atoms with E-state index in [2.05, 4.69) is 15.5 Å². The molecule has 2 amide bonds. The van der Waals surface area contributed by atoms with Crippen molar-refractivity contribution in [1.29, 1.82) is 0 Å². The number of anilines is 1. The lowest BCUT2D eigenvalue weighted by molar-refractivity contribution is -0.149. The minimum absolute atomic E-state index is 0.0539. The largest absolute Gasteiger partial charge is 0.481 e. The number of benzene rings is 1. The fraction of sp³-hybridized carbons (Fsp3) is 0.524. The Hall–Kier alpha value is -2.90. The van der Waals surface area contributed by atoms with Gasteiger partial charge >= 0.3 is 12.0 Å². The van der Waals surface area contributed by atoms with E-state index in [4.69, 9.17) is 4.52 Å². The van der Waals surface area contributed by atoms with Crippen LogP contribution in [0.15, 0.2) is 28.8 Å². The van der Waals surface area contributed by atoms with Crippen molar-refractivity contribution in [3.05, 3.63) is 41.5 Å². The third kappa shape index (κ3) is 3.71. The highest BCUT2D eigenvalue weighted by molar-refractivity contribution is 5.90. The van der Waals surface area contributed by atoms with Crippen molar-refractivity contribution in [1.82, 2.24) is 15.0 Å². The molecule has 8 heteroatoms. The second kappa shape index (κ2) is 7.50. The number of carboxylic acid groups (broad SMARTS) is 1. The van der Waals surface area contributed by atoms with Gasteiger partial charge in [0, 0.05) is 24.7 Å². The molecule has 1 saturated heterocycles. The number of amides is 2. The Morgan fingerprint density at radius 2 is 2.10 bits per heavy atom. The van der Waals surface area contributed by atoms with Gasteiger partial charge in [0.1, 0.15) is 0 Å². The Morgan fingerprint density at radius 1 is 1.34 bits per heavy atom. The maximum atomic E-state index is 12.6. The quantitative estimate of drug-likeness (QED) is 0.798. The van der Waals surface area contributed by atoms with Gasteiger partial charge in [-0.1, -0.05) is 37.6 Å². The Bertz CT molecular complexity index is 908. The molecule has 1 aromatic heterocycles. The van der Waals surface area contributed by atoms with E-state index in [9.17, 15) is 14.7 Å². The van der Waals surface area contributed by atoms with Gasteiger partial charge in [-0.3, -0.25) is 4.79 Å². The molecule has 2 aromatic rings. The number of aliphatic carboxylic acids is 1. The molecule has 0 bridgehead atoms. The first kappa shape index (κ1) is 19.4. The minimum atomic E-state index is -0.777. The van der Waals surface area contributed by atoms with Crippen LogP contribution < -0.4 is 5.32 Å². The summed E-state index contributed by atoms with van der Waals surface area (Å²) in [6.07, 6.45) is 2.98. The van der Waals surface area contributed by atoms with Crippen LogP contribution in [0.2, 0.25) is 0 Å². The molecule has 2 fully saturated rings. The van der Waals surface area contributed by atoms with Crippen LogP contribution in [0.3, 0.4) is 0 Å². The average Bonchev–Trinajstić information content (AvgIpc) is 3.37. The van der Waals surface area contributed by atoms with E-state index in [1.165, 1.54) is 0 Å². The van der Waals surface area contributed by atoms with E-state index in [0.717, 1.165) is 18.4 Å². The number of rotatable bonds is 5. The van der Waals surface area contributed by atoms with E-state index in [0.29, 0.717) is 36.8 Å². The van der Waals surface area contributed by atoms with Crippen molar-refractivity contribution in [2.24, 2.45) is 11.3 Å². The molecular weight excluding hydrogens is 372 g/mol. The maximum Gasteiger partial charge on any atom is 0.321 e. The van der Waals surface area contributed by atoms with Crippen LogP contribution in [0.25, 0.3) is 0 Å². The number of likely N-dealkylation sites (tertiary alicyclic amines) is 1. The molecule has 1 aliphatic heterocycles. The van der Waals surface area contributed by atoms with Crippen molar-refractivity contribution in [3.8, 4) is 0 Å². The first-order chi connectivity index (χ1) is 13.9. The molecule has 4 rings (SSSR count). The fourth-order valence-electron chi connectivity index (χ4n) is 4.45. The molecule has 2 N–H and O–H groups in total. The highest BCUT2D eigenvalue weighted by Gasteiger charge is 2.55. The number of urea groups is 1. The Kier molecular flexibility index (Phi) is 5.02. The van der Waals surface area contributed by atoms with Crippen LogP contribution in [0, 0.1) is 11.3 Å². The van der Waals surface area contributed by atoms with Gasteiger partial charge < -0.3 is 19.8 Å². The lowest BCUT2D eigenvalue weighted by atomic mass is 9.81. The molecule has 2 heterocycles. The smallest absolute Gasteiger partial charge is 0.321 e. The summed E-state index contributed by atoms with van der Waals surface area (Å²) < 4.78 is 5.27. The molecule has 2 atom stereocenters. The number of carboxylic acids is 1. The predicted octanol–water partition coefficient (Wildman–Crippen LogP) is 3.50. The summed E-state index contributed by atoms with van der Waals surface area (Å²) in [6, 6.07) is 7.23. The number of carbonyl (C=O) groups excluding carboxylic acids is 1. The van der Waals surface area contributed by atoms with Crippen molar-refractivity contribution >= 4 is 17.7 Å². The fourth-order valence-corrected chi connectivity index (χ4v) is 4.45. The van der Waals surface area contributed by atoms with Crippen molar-refractivity contribution < 1.29 is 19.2 Å². The number of hydrogen-bond donors (Lipinski definition) is 2. The zero-order valence-corrected chi connectivity index (χ0v) is 16.7. The van der Waals surface area contributed by atoms with Gasteiger partial charge in [0.05, 0.1) is 11.8 Å². The lowest BCUT2D eigenvalue weighted by Crippen LogP contribution is -2.38. The highest BCUT2D eigenvalue weighted by Crippen LogP contribution is 2.48. The topological polar surface area (TPSA) is 109 Å². The van der Waals surface area contributed by atoms with Gasteiger partial charge in [0.2, 0.25) is 5.89 Å². The van der Waals surface area contributed by atoms with Crippen LogP contribution >= 0.6 is 0 Å². The molecule has 1 aliphatic carbocycles.